The summed E-state index contributed by atoms with van der Waals surface area (Å²) >= 11 is 0. The van der Waals surface area contributed by atoms with Gasteiger partial charge in [0.2, 0.25) is 0 Å². The Hall–Kier alpha value is -2.43. The topological polar surface area (TPSA) is 68.1 Å². The molecule has 98 valence electrons. The number of rotatable bonds is 4. The van der Waals surface area contributed by atoms with Crippen LogP contribution < -0.4 is 5.32 Å². The molecule has 0 aliphatic heterocycles. The van der Waals surface area contributed by atoms with E-state index < -0.39 is 0 Å². The van der Waals surface area contributed by atoms with Gasteiger partial charge in [0.05, 0.1) is 17.2 Å². The first kappa shape index (κ1) is 13.0. The number of anilines is 1. The van der Waals surface area contributed by atoms with Crippen molar-refractivity contribution in [3.8, 4) is 0 Å². The summed E-state index contributed by atoms with van der Waals surface area (Å²) in [6.45, 7) is 4.31. The number of nitro groups is 1. The first-order valence-electron chi connectivity index (χ1n) is 5.97. The van der Waals surface area contributed by atoms with Crippen molar-refractivity contribution < 1.29 is 4.92 Å². The normalized spacial score (nSPS) is 10.2. The fraction of sp³-hybridized carbons (Fsp3) is 0.214. The Labute approximate surface area is 111 Å². The van der Waals surface area contributed by atoms with Crippen molar-refractivity contribution >= 4 is 11.4 Å². The molecule has 0 atom stereocenters. The van der Waals surface area contributed by atoms with Crippen LogP contribution in [0.3, 0.4) is 0 Å². The SMILES string of the molecule is Cc1ccc(CNc2ccc([N+](=O)[O-])c(C)c2)nc1. The molecule has 19 heavy (non-hydrogen) atoms. The summed E-state index contributed by atoms with van der Waals surface area (Å²) in [5.74, 6) is 0. The van der Waals surface area contributed by atoms with Crippen LogP contribution in [-0.2, 0) is 6.54 Å². The standard InChI is InChI=1S/C14H15N3O2/c1-10-3-4-13(15-8-10)9-16-12-5-6-14(17(18)19)11(2)7-12/h3-8,16H,9H2,1-2H3. The van der Waals surface area contributed by atoms with E-state index in [2.05, 4.69) is 10.3 Å². The van der Waals surface area contributed by atoms with Crippen LogP contribution in [0.2, 0.25) is 0 Å². The molecule has 0 saturated heterocycles. The minimum Gasteiger partial charge on any atom is -0.379 e. The molecule has 0 fully saturated rings. The fourth-order valence-corrected chi connectivity index (χ4v) is 1.77. The number of pyridine rings is 1. The van der Waals surface area contributed by atoms with Crippen LogP contribution in [-0.4, -0.2) is 9.91 Å². The first-order chi connectivity index (χ1) is 9.06. The van der Waals surface area contributed by atoms with Gasteiger partial charge in [-0.25, -0.2) is 0 Å². The molecule has 0 radical (unpaired) electrons. The molecule has 1 N–H and O–H groups in total. The lowest BCUT2D eigenvalue weighted by molar-refractivity contribution is -0.385. The van der Waals surface area contributed by atoms with Gasteiger partial charge in [-0.15, -0.1) is 0 Å². The van der Waals surface area contributed by atoms with Gasteiger partial charge in [-0.3, -0.25) is 15.1 Å². The predicted molar refractivity (Wildman–Crippen MR) is 74.1 cm³/mol. The highest BCUT2D eigenvalue weighted by molar-refractivity contribution is 5.53. The molecule has 1 heterocycles. The summed E-state index contributed by atoms with van der Waals surface area (Å²) in [7, 11) is 0. The summed E-state index contributed by atoms with van der Waals surface area (Å²) in [6, 6.07) is 8.96. The Morgan fingerprint density at radius 2 is 2.05 bits per heavy atom. The molecule has 0 aliphatic rings. The average molecular weight is 257 g/mol. The molecule has 2 rings (SSSR count). The zero-order valence-corrected chi connectivity index (χ0v) is 10.9. The van der Waals surface area contributed by atoms with Crippen LogP contribution in [0.5, 0.6) is 0 Å². The van der Waals surface area contributed by atoms with Gasteiger partial charge in [-0.2, -0.15) is 0 Å². The van der Waals surface area contributed by atoms with Crippen LogP contribution in [0.1, 0.15) is 16.8 Å². The summed E-state index contributed by atoms with van der Waals surface area (Å²) in [6.07, 6.45) is 1.82. The minimum absolute atomic E-state index is 0.138. The monoisotopic (exact) mass is 257 g/mol. The molecular weight excluding hydrogens is 242 g/mol. The maximum Gasteiger partial charge on any atom is 0.272 e. The molecule has 0 bridgehead atoms. The summed E-state index contributed by atoms with van der Waals surface area (Å²) in [5, 5.41) is 13.9. The number of benzene rings is 1. The van der Waals surface area contributed by atoms with Gasteiger partial charge in [-0.1, -0.05) is 6.07 Å². The Kier molecular flexibility index (Phi) is 3.75. The zero-order chi connectivity index (χ0) is 13.8. The van der Waals surface area contributed by atoms with Crippen molar-refractivity contribution in [2.45, 2.75) is 20.4 Å². The quantitative estimate of drug-likeness (QED) is 0.674. The largest absolute Gasteiger partial charge is 0.379 e. The smallest absolute Gasteiger partial charge is 0.272 e. The van der Waals surface area contributed by atoms with Crippen LogP contribution >= 0.6 is 0 Å². The number of nitro benzene ring substituents is 1. The maximum absolute atomic E-state index is 10.7. The molecule has 5 nitrogen and oxygen atoms in total. The van der Waals surface area contributed by atoms with E-state index in [1.807, 2.05) is 25.3 Å². The molecule has 0 spiro atoms. The molecule has 0 saturated carbocycles. The zero-order valence-electron chi connectivity index (χ0n) is 10.9. The third-order valence-electron chi connectivity index (χ3n) is 2.84. The Morgan fingerprint density at radius 1 is 1.26 bits per heavy atom. The predicted octanol–water partition coefficient (Wildman–Crippen LogP) is 3.22. The van der Waals surface area contributed by atoms with Gasteiger partial charge in [0.25, 0.3) is 5.69 Å². The van der Waals surface area contributed by atoms with Gasteiger partial charge < -0.3 is 5.32 Å². The van der Waals surface area contributed by atoms with Crippen molar-refractivity contribution in [3.05, 3.63) is 63.5 Å². The van der Waals surface area contributed by atoms with E-state index in [0.717, 1.165) is 16.9 Å². The molecule has 0 unspecified atom stereocenters. The maximum atomic E-state index is 10.7. The molecule has 0 amide bonds. The Morgan fingerprint density at radius 3 is 2.63 bits per heavy atom. The van der Waals surface area contributed by atoms with Gasteiger partial charge in [0.1, 0.15) is 0 Å². The van der Waals surface area contributed by atoms with Crippen molar-refractivity contribution in [3.63, 3.8) is 0 Å². The molecule has 2 aromatic rings. The number of aromatic nitrogens is 1. The Bertz CT molecular complexity index is 594. The van der Waals surface area contributed by atoms with Gasteiger partial charge >= 0.3 is 0 Å². The lowest BCUT2D eigenvalue weighted by atomic mass is 10.2. The summed E-state index contributed by atoms with van der Waals surface area (Å²) in [4.78, 5) is 14.6. The van der Waals surface area contributed by atoms with Gasteiger partial charge in [0, 0.05) is 23.5 Å². The summed E-state index contributed by atoms with van der Waals surface area (Å²) < 4.78 is 0. The van der Waals surface area contributed by atoms with Crippen molar-refractivity contribution in [1.82, 2.24) is 4.98 Å². The van der Waals surface area contributed by atoms with Gasteiger partial charge in [-0.05, 0) is 37.6 Å². The highest BCUT2D eigenvalue weighted by atomic mass is 16.6. The number of hydrogen-bond acceptors (Lipinski definition) is 4. The highest BCUT2D eigenvalue weighted by Crippen LogP contribution is 2.21. The third kappa shape index (κ3) is 3.28. The number of nitrogens with one attached hydrogen (secondary N) is 1. The number of nitrogens with zero attached hydrogens (tertiary/aromatic N) is 2. The second kappa shape index (κ2) is 5.48. The van der Waals surface area contributed by atoms with E-state index in [4.69, 9.17) is 0 Å². The number of hydrogen-bond donors (Lipinski definition) is 1. The van der Waals surface area contributed by atoms with Crippen molar-refractivity contribution in [2.75, 3.05) is 5.32 Å². The molecule has 5 heteroatoms. The molecule has 0 aliphatic carbocycles. The molecule has 1 aromatic carbocycles. The lowest BCUT2D eigenvalue weighted by Gasteiger charge is -2.07. The van der Waals surface area contributed by atoms with Gasteiger partial charge in [0.15, 0.2) is 0 Å². The van der Waals surface area contributed by atoms with Crippen LogP contribution in [0.4, 0.5) is 11.4 Å². The van der Waals surface area contributed by atoms with E-state index in [1.165, 1.54) is 6.07 Å². The van der Waals surface area contributed by atoms with Crippen molar-refractivity contribution in [2.24, 2.45) is 0 Å². The van der Waals surface area contributed by atoms with E-state index >= 15 is 0 Å². The molecule has 1 aromatic heterocycles. The van der Waals surface area contributed by atoms with E-state index in [1.54, 1.807) is 19.1 Å². The summed E-state index contributed by atoms with van der Waals surface area (Å²) in [5.41, 5.74) is 3.69. The molecular formula is C14H15N3O2. The minimum atomic E-state index is -0.374. The van der Waals surface area contributed by atoms with E-state index in [0.29, 0.717) is 12.1 Å². The average Bonchev–Trinajstić information content (AvgIpc) is 2.37. The second-order valence-electron chi connectivity index (χ2n) is 4.44. The van der Waals surface area contributed by atoms with E-state index in [9.17, 15) is 10.1 Å². The third-order valence-corrected chi connectivity index (χ3v) is 2.84. The van der Waals surface area contributed by atoms with Crippen LogP contribution in [0.25, 0.3) is 0 Å². The fourth-order valence-electron chi connectivity index (χ4n) is 1.77. The lowest BCUT2D eigenvalue weighted by Crippen LogP contribution is -2.02. The second-order valence-corrected chi connectivity index (χ2v) is 4.44. The first-order valence-corrected chi connectivity index (χ1v) is 5.97. The number of aryl methyl sites for hydroxylation is 2. The van der Waals surface area contributed by atoms with E-state index in [-0.39, 0.29) is 10.6 Å². The van der Waals surface area contributed by atoms with Crippen molar-refractivity contribution in [1.29, 1.82) is 0 Å². The Balaban J connectivity index is 2.06. The van der Waals surface area contributed by atoms with Crippen LogP contribution in [0.15, 0.2) is 36.5 Å². The highest BCUT2D eigenvalue weighted by Gasteiger charge is 2.09. The van der Waals surface area contributed by atoms with Crippen LogP contribution in [0, 0.1) is 24.0 Å².